The van der Waals surface area contributed by atoms with Gasteiger partial charge in [-0.05, 0) is 44.7 Å². The molecule has 2 N–H and O–H groups in total. The number of morpholine rings is 1. The molecule has 1 saturated carbocycles. The number of hydrogen-bond donors (Lipinski definition) is 2. The lowest BCUT2D eigenvalue weighted by molar-refractivity contribution is 0.122. The van der Waals surface area contributed by atoms with E-state index < -0.39 is 6.09 Å². The highest BCUT2D eigenvalue weighted by Crippen LogP contribution is 2.31. The molecule has 2 aromatic rings. The highest BCUT2D eigenvalue weighted by molar-refractivity contribution is 5.91. The summed E-state index contributed by atoms with van der Waals surface area (Å²) >= 11 is 0. The Balaban J connectivity index is 1.39. The normalized spacial score (nSPS) is 21.1. The van der Waals surface area contributed by atoms with Crippen LogP contribution in [0.5, 0.6) is 0 Å². The first-order valence-corrected chi connectivity index (χ1v) is 10.9. The number of aromatic nitrogens is 2. The first-order valence-electron chi connectivity index (χ1n) is 10.9. The van der Waals surface area contributed by atoms with Gasteiger partial charge in [0.1, 0.15) is 5.52 Å². The minimum atomic E-state index is -0.390. The van der Waals surface area contributed by atoms with Crippen molar-refractivity contribution in [2.75, 3.05) is 43.1 Å². The maximum absolute atomic E-state index is 11.8. The largest absolute Gasteiger partial charge is 0.436 e. The number of nitrogens with zero attached hydrogens (tertiary/aromatic N) is 3. The number of rotatable bonds is 5. The maximum Gasteiger partial charge on any atom is 0.408 e. The molecule has 2 fully saturated rings. The van der Waals surface area contributed by atoms with Gasteiger partial charge in [-0.3, -0.25) is 9.97 Å². The number of amides is 1. The highest BCUT2D eigenvalue weighted by Gasteiger charge is 2.24. The predicted molar refractivity (Wildman–Crippen MR) is 120 cm³/mol. The van der Waals surface area contributed by atoms with Crippen LogP contribution in [0.25, 0.3) is 11.0 Å². The summed E-state index contributed by atoms with van der Waals surface area (Å²) in [4.78, 5) is 23.3. The molecule has 1 amide bonds. The fourth-order valence-corrected chi connectivity index (χ4v) is 4.16. The number of ether oxygens (including phenoxy) is 2. The Morgan fingerprint density at radius 3 is 2.68 bits per heavy atom. The van der Waals surface area contributed by atoms with Crippen LogP contribution in [0.2, 0.25) is 0 Å². The number of anilines is 2. The van der Waals surface area contributed by atoms with Crippen molar-refractivity contribution in [3.8, 4) is 11.8 Å². The van der Waals surface area contributed by atoms with Gasteiger partial charge in [0.2, 0.25) is 0 Å². The summed E-state index contributed by atoms with van der Waals surface area (Å²) in [5.74, 6) is 5.44. The topological polar surface area (TPSA) is 88.6 Å². The molecule has 4 rings (SSSR count). The van der Waals surface area contributed by atoms with Crippen molar-refractivity contribution >= 4 is 28.5 Å². The van der Waals surface area contributed by atoms with Gasteiger partial charge >= 0.3 is 6.09 Å². The molecule has 1 aliphatic carbocycles. The molecule has 0 unspecified atom stereocenters. The Hall–Kier alpha value is -3.05. The van der Waals surface area contributed by atoms with Crippen molar-refractivity contribution in [3.05, 3.63) is 24.5 Å². The van der Waals surface area contributed by atoms with Crippen molar-refractivity contribution in [2.24, 2.45) is 0 Å². The zero-order valence-electron chi connectivity index (χ0n) is 17.9. The smallest absolute Gasteiger partial charge is 0.408 e. The molecule has 1 aromatic carbocycles. The summed E-state index contributed by atoms with van der Waals surface area (Å²) in [7, 11) is 0. The molecule has 0 spiro atoms. The van der Waals surface area contributed by atoms with Crippen molar-refractivity contribution in [1.82, 2.24) is 15.3 Å². The lowest BCUT2D eigenvalue weighted by Gasteiger charge is -2.32. The fourth-order valence-electron chi connectivity index (χ4n) is 4.16. The van der Waals surface area contributed by atoms with Crippen molar-refractivity contribution in [2.45, 2.75) is 44.7 Å². The van der Waals surface area contributed by atoms with E-state index >= 15 is 0 Å². The SMILES string of the molecule is CC#CCOC(=O)N[C@H]1CC[C@@H](Nc2cc(N3CCOCC3)cc3nccnc23)CC1. The van der Waals surface area contributed by atoms with Crippen LogP contribution in [0.3, 0.4) is 0 Å². The maximum atomic E-state index is 11.8. The van der Waals surface area contributed by atoms with E-state index in [1.165, 1.54) is 0 Å². The summed E-state index contributed by atoms with van der Waals surface area (Å²) in [6.07, 6.45) is 6.80. The van der Waals surface area contributed by atoms with Crippen LogP contribution in [0, 0.1) is 11.8 Å². The Kier molecular flexibility index (Phi) is 7.05. The quantitative estimate of drug-likeness (QED) is 0.715. The van der Waals surface area contributed by atoms with Crippen LogP contribution in [-0.4, -0.2) is 61.1 Å². The van der Waals surface area contributed by atoms with Gasteiger partial charge in [0.15, 0.2) is 6.61 Å². The van der Waals surface area contributed by atoms with Gasteiger partial charge in [-0.25, -0.2) is 4.79 Å². The molecule has 8 nitrogen and oxygen atoms in total. The van der Waals surface area contributed by atoms with E-state index in [4.69, 9.17) is 9.47 Å². The average molecular weight is 424 g/mol. The number of nitrogens with one attached hydrogen (secondary N) is 2. The first-order chi connectivity index (χ1) is 15.2. The summed E-state index contributed by atoms with van der Waals surface area (Å²) < 4.78 is 10.6. The van der Waals surface area contributed by atoms with Crippen LogP contribution >= 0.6 is 0 Å². The van der Waals surface area contributed by atoms with Crippen LogP contribution < -0.4 is 15.5 Å². The van der Waals surface area contributed by atoms with Gasteiger partial charge in [-0.2, -0.15) is 0 Å². The third-order valence-corrected chi connectivity index (χ3v) is 5.80. The molecule has 1 aromatic heterocycles. The second-order valence-corrected chi connectivity index (χ2v) is 7.86. The third-order valence-electron chi connectivity index (χ3n) is 5.80. The summed E-state index contributed by atoms with van der Waals surface area (Å²) in [6.45, 7) is 5.09. The average Bonchev–Trinajstić information content (AvgIpc) is 2.81. The molecule has 0 radical (unpaired) electrons. The Morgan fingerprint density at radius 2 is 1.90 bits per heavy atom. The number of fused-ring (bicyclic) bond motifs is 1. The highest BCUT2D eigenvalue weighted by atomic mass is 16.5. The minimum absolute atomic E-state index is 0.132. The van der Waals surface area contributed by atoms with Crippen molar-refractivity contribution in [1.29, 1.82) is 0 Å². The Morgan fingerprint density at radius 1 is 1.16 bits per heavy atom. The molecule has 31 heavy (non-hydrogen) atoms. The van der Waals surface area contributed by atoms with Gasteiger partial charge in [-0.1, -0.05) is 5.92 Å². The van der Waals surface area contributed by atoms with Crippen LogP contribution in [-0.2, 0) is 9.47 Å². The first kappa shape index (κ1) is 21.2. The van der Waals surface area contributed by atoms with E-state index in [9.17, 15) is 4.79 Å². The molecular formula is C23H29N5O3. The van der Waals surface area contributed by atoms with Gasteiger partial charge in [0.05, 0.1) is 24.4 Å². The van der Waals surface area contributed by atoms with Crippen LogP contribution in [0.4, 0.5) is 16.2 Å². The molecule has 1 saturated heterocycles. The van der Waals surface area contributed by atoms with Gasteiger partial charge in [0.25, 0.3) is 0 Å². The van der Waals surface area contributed by atoms with Crippen molar-refractivity contribution in [3.63, 3.8) is 0 Å². The summed E-state index contributed by atoms with van der Waals surface area (Å²) in [5, 5.41) is 6.64. The van der Waals surface area contributed by atoms with E-state index in [0.717, 1.165) is 74.4 Å². The van der Waals surface area contributed by atoms with E-state index in [2.05, 4.69) is 49.5 Å². The van der Waals surface area contributed by atoms with Gasteiger partial charge in [0, 0.05) is 43.3 Å². The standard InChI is InChI=1S/C23H29N5O3/c1-2-3-12-31-23(29)27-18-6-4-17(5-7-18)26-21-16-19(28-10-13-30-14-11-28)15-20-22(21)25-9-8-24-20/h8-9,15-18,26H,4-7,10-14H2,1H3,(H,27,29)/t17-,18+. The Labute approximate surface area is 182 Å². The summed E-state index contributed by atoms with van der Waals surface area (Å²) in [6, 6.07) is 4.74. The molecule has 2 aliphatic rings. The number of carbonyl (C=O) groups is 1. The molecule has 0 atom stereocenters. The predicted octanol–water partition coefficient (Wildman–Crippen LogP) is 2.94. The second-order valence-electron chi connectivity index (χ2n) is 7.86. The molecular weight excluding hydrogens is 394 g/mol. The molecule has 164 valence electrons. The van der Waals surface area contributed by atoms with Crippen molar-refractivity contribution < 1.29 is 14.3 Å². The minimum Gasteiger partial charge on any atom is -0.436 e. The van der Waals surface area contributed by atoms with E-state index in [0.29, 0.717) is 6.04 Å². The Bertz CT molecular complexity index is 957. The van der Waals surface area contributed by atoms with E-state index in [-0.39, 0.29) is 12.6 Å². The van der Waals surface area contributed by atoms with Crippen LogP contribution in [0.15, 0.2) is 24.5 Å². The monoisotopic (exact) mass is 423 g/mol. The molecule has 1 aliphatic heterocycles. The number of carbonyl (C=O) groups excluding carboxylic acids is 1. The van der Waals surface area contributed by atoms with Gasteiger partial charge in [-0.15, -0.1) is 5.92 Å². The molecule has 0 bridgehead atoms. The second kappa shape index (κ2) is 10.3. The number of alkyl carbamates (subject to hydrolysis) is 1. The van der Waals surface area contributed by atoms with Gasteiger partial charge < -0.3 is 25.0 Å². The van der Waals surface area contributed by atoms with E-state index in [1.807, 2.05) is 0 Å². The zero-order chi connectivity index (χ0) is 21.5. The number of hydrogen-bond acceptors (Lipinski definition) is 7. The lowest BCUT2D eigenvalue weighted by Crippen LogP contribution is -2.40. The van der Waals surface area contributed by atoms with E-state index in [1.54, 1.807) is 19.3 Å². The molecule has 8 heteroatoms. The van der Waals surface area contributed by atoms with Crippen LogP contribution in [0.1, 0.15) is 32.6 Å². The fraction of sp³-hybridized carbons (Fsp3) is 0.522. The number of benzene rings is 1. The lowest BCUT2D eigenvalue weighted by atomic mass is 9.91. The molecule has 2 heterocycles. The zero-order valence-corrected chi connectivity index (χ0v) is 17.9. The third kappa shape index (κ3) is 5.56. The summed E-state index contributed by atoms with van der Waals surface area (Å²) in [5.41, 5.74) is 3.94.